The van der Waals surface area contributed by atoms with Crippen LogP contribution in [0.3, 0.4) is 0 Å². The molecule has 104 valence electrons. The number of halogens is 1. The first kappa shape index (κ1) is 13.8. The van der Waals surface area contributed by atoms with Gasteiger partial charge in [-0.15, -0.1) is 11.8 Å². The Balaban J connectivity index is 1.88. The molecule has 2 nitrogen and oxygen atoms in total. The second-order valence-corrected chi connectivity index (χ2v) is 6.22. The fraction of sp³-hybridized carbons (Fsp3) is 0.250. The first-order valence-electron chi connectivity index (χ1n) is 6.53. The van der Waals surface area contributed by atoms with Gasteiger partial charge in [-0.1, -0.05) is 23.7 Å². The van der Waals surface area contributed by atoms with Crippen LogP contribution >= 0.6 is 23.4 Å². The van der Waals surface area contributed by atoms with Crippen LogP contribution in [-0.2, 0) is 0 Å². The van der Waals surface area contributed by atoms with E-state index in [4.69, 9.17) is 22.1 Å². The molecule has 0 amide bonds. The van der Waals surface area contributed by atoms with E-state index in [9.17, 15) is 0 Å². The highest BCUT2D eigenvalue weighted by Crippen LogP contribution is 2.40. The second kappa shape index (κ2) is 5.68. The molecule has 0 fully saturated rings. The molecular weight excluding hydrogens is 290 g/mol. The zero-order valence-electron chi connectivity index (χ0n) is 11.2. The standard InChI is InChI=1S/C16H16ClNOS/c1-20-12-5-2-10(3-6-12)16-9-14(18)13-8-11(17)4-7-15(13)19-16/h2-8,14,16H,9,18H2,1H3/t14-,16?/m1/s1. The molecule has 2 aromatic rings. The Labute approximate surface area is 128 Å². The molecule has 4 heteroatoms. The smallest absolute Gasteiger partial charge is 0.126 e. The maximum Gasteiger partial charge on any atom is 0.126 e. The fourth-order valence-electron chi connectivity index (χ4n) is 2.50. The number of ether oxygens (including phenoxy) is 1. The molecule has 3 rings (SSSR count). The van der Waals surface area contributed by atoms with Crippen molar-refractivity contribution in [2.24, 2.45) is 5.73 Å². The summed E-state index contributed by atoms with van der Waals surface area (Å²) in [7, 11) is 0. The summed E-state index contributed by atoms with van der Waals surface area (Å²) in [5.74, 6) is 0.840. The van der Waals surface area contributed by atoms with Crippen molar-refractivity contribution >= 4 is 23.4 Å². The molecule has 0 bridgehead atoms. The van der Waals surface area contributed by atoms with Crippen LogP contribution in [0.4, 0.5) is 0 Å². The van der Waals surface area contributed by atoms with Gasteiger partial charge in [0.1, 0.15) is 11.9 Å². The molecule has 1 aliphatic rings. The summed E-state index contributed by atoms with van der Waals surface area (Å²) in [6.07, 6.45) is 2.85. The molecule has 2 N–H and O–H groups in total. The van der Waals surface area contributed by atoms with Gasteiger partial charge in [-0.3, -0.25) is 0 Å². The Morgan fingerprint density at radius 1 is 1.20 bits per heavy atom. The minimum atomic E-state index is -0.0392. The van der Waals surface area contributed by atoms with Crippen molar-refractivity contribution in [1.82, 2.24) is 0 Å². The van der Waals surface area contributed by atoms with E-state index in [1.54, 1.807) is 11.8 Å². The summed E-state index contributed by atoms with van der Waals surface area (Å²) in [5, 5.41) is 0.700. The Morgan fingerprint density at radius 2 is 1.95 bits per heavy atom. The summed E-state index contributed by atoms with van der Waals surface area (Å²) in [6, 6.07) is 14.1. The van der Waals surface area contributed by atoms with Gasteiger partial charge in [0, 0.05) is 27.9 Å². The first-order chi connectivity index (χ1) is 9.67. The van der Waals surface area contributed by atoms with Crippen LogP contribution in [0.5, 0.6) is 5.75 Å². The summed E-state index contributed by atoms with van der Waals surface area (Å²) in [6.45, 7) is 0. The Morgan fingerprint density at radius 3 is 2.65 bits per heavy atom. The van der Waals surface area contributed by atoms with E-state index in [1.165, 1.54) is 10.5 Å². The normalized spacial score (nSPS) is 21.1. The number of thioether (sulfide) groups is 1. The SMILES string of the molecule is CSc1ccc(C2C[C@@H](N)c3cc(Cl)ccc3O2)cc1. The van der Waals surface area contributed by atoms with Gasteiger partial charge >= 0.3 is 0 Å². The van der Waals surface area contributed by atoms with E-state index >= 15 is 0 Å². The van der Waals surface area contributed by atoms with E-state index in [-0.39, 0.29) is 12.1 Å². The van der Waals surface area contributed by atoms with Crippen LogP contribution in [0.2, 0.25) is 5.02 Å². The van der Waals surface area contributed by atoms with E-state index < -0.39 is 0 Å². The van der Waals surface area contributed by atoms with Crippen LogP contribution in [0, 0.1) is 0 Å². The maximum absolute atomic E-state index is 6.26. The highest BCUT2D eigenvalue weighted by Gasteiger charge is 2.27. The third-order valence-corrected chi connectivity index (χ3v) is 4.57. The van der Waals surface area contributed by atoms with Gasteiger partial charge in [-0.25, -0.2) is 0 Å². The number of nitrogens with two attached hydrogens (primary N) is 1. The summed E-state index contributed by atoms with van der Waals surface area (Å²) in [5.41, 5.74) is 8.42. The van der Waals surface area contributed by atoms with Crippen molar-refractivity contribution in [2.45, 2.75) is 23.5 Å². The van der Waals surface area contributed by atoms with Gasteiger partial charge in [0.25, 0.3) is 0 Å². The lowest BCUT2D eigenvalue weighted by Gasteiger charge is -2.30. The second-order valence-electron chi connectivity index (χ2n) is 4.90. The van der Waals surface area contributed by atoms with Gasteiger partial charge < -0.3 is 10.5 Å². The number of hydrogen-bond acceptors (Lipinski definition) is 3. The molecule has 0 aromatic heterocycles. The number of hydrogen-bond donors (Lipinski definition) is 1. The summed E-state index contributed by atoms with van der Waals surface area (Å²) in [4.78, 5) is 1.25. The monoisotopic (exact) mass is 305 g/mol. The molecule has 0 saturated heterocycles. The molecule has 0 radical (unpaired) electrons. The average molecular weight is 306 g/mol. The lowest BCUT2D eigenvalue weighted by molar-refractivity contribution is 0.161. The van der Waals surface area contributed by atoms with Crippen molar-refractivity contribution in [3.63, 3.8) is 0 Å². The molecular formula is C16H16ClNOS. The third-order valence-electron chi connectivity index (χ3n) is 3.60. The number of fused-ring (bicyclic) bond motifs is 1. The maximum atomic E-state index is 6.26. The molecule has 1 aliphatic heterocycles. The topological polar surface area (TPSA) is 35.2 Å². The highest BCUT2D eigenvalue weighted by atomic mass is 35.5. The van der Waals surface area contributed by atoms with Gasteiger partial charge in [-0.2, -0.15) is 0 Å². The highest BCUT2D eigenvalue weighted by molar-refractivity contribution is 7.98. The van der Waals surface area contributed by atoms with Gasteiger partial charge in [0.2, 0.25) is 0 Å². The lowest BCUT2D eigenvalue weighted by Crippen LogP contribution is -2.24. The van der Waals surface area contributed by atoms with Crippen LogP contribution < -0.4 is 10.5 Å². The predicted molar refractivity (Wildman–Crippen MR) is 84.6 cm³/mol. The molecule has 0 aliphatic carbocycles. The minimum absolute atomic E-state index is 0.00887. The average Bonchev–Trinajstić information content (AvgIpc) is 2.48. The number of benzene rings is 2. The van der Waals surface area contributed by atoms with Gasteiger partial charge in [0.15, 0.2) is 0 Å². The molecule has 2 atom stereocenters. The summed E-state index contributed by atoms with van der Waals surface area (Å²) < 4.78 is 6.07. The molecule has 0 saturated carbocycles. The van der Waals surface area contributed by atoms with Crippen molar-refractivity contribution in [2.75, 3.05) is 6.26 Å². The van der Waals surface area contributed by atoms with Crippen LogP contribution in [-0.4, -0.2) is 6.26 Å². The van der Waals surface area contributed by atoms with E-state index in [1.807, 2.05) is 18.2 Å². The van der Waals surface area contributed by atoms with Crippen LogP contribution in [0.25, 0.3) is 0 Å². The van der Waals surface area contributed by atoms with Crippen LogP contribution in [0.15, 0.2) is 47.4 Å². The molecule has 0 spiro atoms. The van der Waals surface area contributed by atoms with E-state index in [0.717, 1.165) is 17.7 Å². The first-order valence-corrected chi connectivity index (χ1v) is 8.13. The van der Waals surface area contributed by atoms with Crippen molar-refractivity contribution < 1.29 is 4.74 Å². The van der Waals surface area contributed by atoms with Crippen molar-refractivity contribution in [3.8, 4) is 5.75 Å². The zero-order chi connectivity index (χ0) is 14.1. The Kier molecular flexibility index (Phi) is 3.92. The lowest BCUT2D eigenvalue weighted by atomic mass is 9.94. The zero-order valence-corrected chi connectivity index (χ0v) is 12.7. The third kappa shape index (κ3) is 2.66. The summed E-state index contributed by atoms with van der Waals surface area (Å²) >= 11 is 7.75. The van der Waals surface area contributed by atoms with Gasteiger partial charge in [-0.05, 0) is 42.2 Å². The quantitative estimate of drug-likeness (QED) is 0.824. The van der Waals surface area contributed by atoms with E-state index in [2.05, 4.69) is 30.5 Å². The fourth-order valence-corrected chi connectivity index (χ4v) is 3.09. The largest absolute Gasteiger partial charge is 0.485 e. The molecule has 1 heterocycles. The molecule has 2 aromatic carbocycles. The molecule has 1 unspecified atom stereocenters. The number of rotatable bonds is 2. The Bertz CT molecular complexity index is 614. The van der Waals surface area contributed by atoms with Crippen LogP contribution in [0.1, 0.15) is 29.7 Å². The minimum Gasteiger partial charge on any atom is -0.485 e. The van der Waals surface area contributed by atoms with Gasteiger partial charge in [0.05, 0.1) is 0 Å². The Hall–Kier alpha value is -1.16. The molecule has 20 heavy (non-hydrogen) atoms. The predicted octanol–water partition coefficient (Wildman–Crippen LogP) is 4.59. The van der Waals surface area contributed by atoms with Crippen molar-refractivity contribution in [1.29, 1.82) is 0 Å². The van der Waals surface area contributed by atoms with Crippen molar-refractivity contribution in [3.05, 3.63) is 58.6 Å². The van der Waals surface area contributed by atoms with E-state index in [0.29, 0.717) is 5.02 Å².